The molecule has 0 aromatic heterocycles. The van der Waals surface area contributed by atoms with E-state index in [9.17, 15) is 13.2 Å². The van der Waals surface area contributed by atoms with Crippen LogP contribution in [0.2, 0.25) is 5.02 Å². The maximum atomic E-state index is 12.7. The summed E-state index contributed by atoms with van der Waals surface area (Å²) in [6.45, 7) is 3.39. The lowest BCUT2D eigenvalue weighted by Crippen LogP contribution is -2.43. The van der Waals surface area contributed by atoms with Gasteiger partial charge >= 0.3 is 0 Å². The monoisotopic (exact) mass is 480 g/mol. The summed E-state index contributed by atoms with van der Waals surface area (Å²) < 4.78 is 26.9. The molecule has 1 saturated heterocycles. The van der Waals surface area contributed by atoms with Crippen LogP contribution in [0.15, 0.2) is 48.5 Å². The molecule has 0 radical (unpaired) electrons. The Hall–Kier alpha value is -1.54. The summed E-state index contributed by atoms with van der Waals surface area (Å²) >= 11 is 7.65. The van der Waals surface area contributed by atoms with E-state index < -0.39 is 10.0 Å². The van der Waals surface area contributed by atoms with Crippen LogP contribution in [0.5, 0.6) is 0 Å². The van der Waals surface area contributed by atoms with E-state index >= 15 is 0 Å². The van der Waals surface area contributed by atoms with Crippen LogP contribution in [-0.4, -0.2) is 44.0 Å². The van der Waals surface area contributed by atoms with Gasteiger partial charge in [0.05, 0.1) is 5.75 Å². The first-order valence-electron chi connectivity index (χ1n) is 10.5. The van der Waals surface area contributed by atoms with Gasteiger partial charge in [0, 0.05) is 42.1 Å². The Morgan fingerprint density at radius 2 is 1.68 bits per heavy atom. The molecule has 3 rings (SSSR count). The Morgan fingerprint density at radius 3 is 2.32 bits per heavy atom. The van der Waals surface area contributed by atoms with E-state index in [4.69, 9.17) is 11.6 Å². The van der Waals surface area contributed by atoms with E-state index in [0.29, 0.717) is 32.5 Å². The molecule has 31 heavy (non-hydrogen) atoms. The van der Waals surface area contributed by atoms with Crippen molar-refractivity contribution in [2.45, 2.75) is 31.3 Å². The zero-order valence-corrected chi connectivity index (χ0v) is 20.1. The van der Waals surface area contributed by atoms with Crippen LogP contribution in [0.3, 0.4) is 0 Å². The minimum Gasteiger partial charge on any atom is -0.355 e. The molecule has 0 spiro atoms. The molecular formula is C23H29ClN2O3S2. The summed E-state index contributed by atoms with van der Waals surface area (Å²) in [7, 11) is -3.36. The number of nitrogens with zero attached hydrogens (tertiary/aromatic N) is 1. The van der Waals surface area contributed by atoms with Crippen LogP contribution in [0.25, 0.3) is 0 Å². The zero-order valence-electron chi connectivity index (χ0n) is 17.7. The van der Waals surface area contributed by atoms with E-state index in [1.165, 1.54) is 9.87 Å². The van der Waals surface area contributed by atoms with Gasteiger partial charge in [0.15, 0.2) is 0 Å². The molecule has 1 amide bonds. The van der Waals surface area contributed by atoms with Crippen LogP contribution in [0, 0.1) is 12.8 Å². The molecule has 1 heterocycles. The van der Waals surface area contributed by atoms with Gasteiger partial charge in [-0.3, -0.25) is 4.79 Å². The number of benzene rings is 2. The van der Waals surface area contributed by atoms with Crippen molar-refractivity contribution >= 4 is 39.3 Å². The normalized spacial score (nSPS) is 15.7. The van der Waals surface area contributed by atoms with E-state index in [0.717, 1.165) is 27.7 Å². The smallest absolute Gasteiger partial charge is 0.223 e. The fourth-order valence-electron chi connectivity index (χ4n) is 3.54. The Kier molecular flexibility index (Phi) is 8.84. The number of thioether (sulfide) groups is 1. The number of halogens is 1. The number of rotatable bonds is 9. The van der Waals surface area contributed by atoms with Crippen LogP contribution in [0.4, 0.5) is 0 Å². The van der Waals surface area contributed by atoms with Crippen molar-refractivity contribution in [1.29, 1.82) is 0 Å². The highest BCUT2D eigenvalue weighted by molar-refractivity contribution is 7.98. The highest BCUT2D eigenvalue weighted by Gasteiger charge is 2.31. The molecular weight excluding hydrogens is 452 g/mol. The number of nitrogens with one attached hydrogen (secondary N) is 1. The van der Waals surface area contributed by atoms with Gasteiger partial charge < -0.3 is 5.32 Å². The number of amides is 1. The lowest BCUT2D eigenvalue weighted by Gasteiger charge is -2.30. The first kappa shape index (κ1) is 24.1. The summed E-state index contributed by atoms with van der Waals surface area (Å²) in [5.74, 6) is 1.63. The van der Waals surface area contributed by atoms with E-state index in [1.807, 2.05) is 55.5 Å². The number of sulfonamides is 1. The molecule has 2 aromatic rings. The van der Waals surface area contributed by atoms with Gasteiger partial charge in [-0.1, -0.05) is 53.6 Å². The standard InChI is InChI=1S/C23H29ClN2O3S2/c1-18-2-4-20(5-3-18)17-31(28,29)26-13-10-21(11-14-26)23(27)25-12-15-30-16-19-6-8-22(24)9-7-19/h2-9,21H,10-17H2,1H3,(H,25,27). The first-order chi connectivity index (χ1) is 14.8. The molecule has 1 aliphatic rings. The van der Waals surface area contributed by atoms with Gasteiger partial charge in [-0.2, -0.15) is 11.8 Å². The van der Waals surface area contributed by atoms with Crippen LogP contribution < -0.4 is 5.32 Å². The van der Waals surface area contributed by atoms with Crippen molar-refractivity contribution in [3.63, 3.8) is 0 Å². The van der Waals surface area contributed by atoms with Crippen molar-refractivity contribution in [1.82, 2.24) is 9.62 Å². The highest BCUT2D eigenvalue weighted by Crippen LogP contribution is 2.22. The number of hydrogen-bond acceptors (Lipinski definition) is 4. The van der Waals surface area contributed by atoms with E-state index in [2.05, 4.69) is 5.32 Å². The average Bonchev–Trinajstić information content (AvgIpc) is 2.76. The van der Waals surface area contributed by atoms with Crippen molar-refractivity contribution in [3.05, 3.63) is 70.2 Å². The third-order valence-corrected chi connectivity index (χ3v) is 8.55. The van der Waals surface area contributed by atoms with E-state index in [-0.39, 0.29) is 17.6 Å². The molecule has 1 N–H and O–H groups in total. The molecule has 0 unspecified atom stereocenters. The molecule has 2 aromatic carbocycles. The Balaban J connectivity index is 1.36. The quantitative estimate of drug-likeness (QED) is 0.545. The Labute approximate surface area is 194 Å². The molecule has 1 fully saturated rings. The average molecular weight is 481 g/mol. The fraction of sp³-hybridized carbons (Fsp3) is 0.435. The summed E-state index contributed by atoms with van der Waals surface area (Å²) in [4.78, 5) is 12.4. The molecule has 8 heteroatoms. The predicted octanol–water partition coefficient (Wildman–Crippen LogP) is 4.24. The summed E-state index contributed by atoms with van der Waals surface area (Å²) in [6.07, 6.45) is 1.13. The van der Waals surface area contributed by atoms with Gasteiger partial charge in [0.25, 0.3) is 0 Å². The third-order valence-electron chi connectivity index (χ3n) is 5.42. The minimum atomic E-state index is -3.36. The summed E-state index contributed by atoms with van der Waals surface area (Å²) in [6, 6.07) is 15.3. The number of carbonyl (C=O) groups excluding carboxylic acids is 1. The van der Waals surface area contributed by atoms with E-state index in [1.54, 1.807) is 11.8 Å². The van der Waals surface area contributed by atoms with Crippen molar-refractivity contribution in [3.8, 4) is 0 Å². The lowest BCUT2D eigenvalue weighted by molar-refractivity contribution is -0.125. The molecule has 5 nitrogen and oxygen atoms in total. The Bertz CT molecular complexity index is 955. The Morgan fingerprint density at radius 1 is 1.06 bits per heavy atom. The SMILES string of the molecule is Cc1ccc(CS(=O)(=O)N2CCC(C(=O)NCCSCc3ccc(Cl)cc3)CC2)cc1. The maximum absolute atomic E-state index is 12.7. The fourth-order valence-corrected chi connectivity index (χ4v) is 6.05. The number of carbonyl (C=O) groups is 1. The number of hydrogen-bond donors (Lipinski definition) is 1. The second-order valence-corrected chi connectivity index (χ2v) is 11.4. The number of aryl methyl sites for hydroxylation is 1. The lowest BCUT2D eigenvalue weighted by atomic mass is 9.97. The maximum Gasteiger partial charge on any atom is 0.223 e. The second-order valence-electron chi connectivity index (χ2n) is 7.89. The van der Waals surface area contributed by atoms with Crippen molar-refractivity contribution < 1.29 is 13.2 Å². The van der Waals surface area contributed by atoms with Crippen LogP contribution in [0.1, 0.15) is 29.5 Å². The predicted molar refractivity (Wildman–Crippen MR) is 129 cm³/mol. The molecule has 0 bridgehead atoms. The van der Waals surface area contributed by atoms with Crippen LogP contribution in [-0.2, 0) is 26.3 Å². The van der Waals surface area contributed by atoms with Crippen molar-refractivity contribution in [2.24, 2.45) is 5.92 Å². The molecule has 168 valence electrons. The van der Waals surface area contributed by atoms with Gasteiger partial charge in [-0.25, -0.2) is 12.7 Å². The highest BCUT2D eigenvalue weighted by atomic mass is 35.5. The molecule has 0 aliphatic carbocycles. The molecule has 0 atom stereocenters. The molecule has 1 aliphatic heterocycles. The summed E-state index contributed by atoms with van der Waals surface area (Å²) in [5.41, 5.74) is 3.11. The summed E-state index contributed by atoms with van der Waals surface area (Å²) in [5, 5.41) is 3.73. The van der Waals surface area contributed by atoms with Crippen molar-refractivity contribution in [2.75, 3.05) is 25.4 Å². The largest absolute Gasteiger partial charge is 0.355 e. The topological polar surface area (TPSA) is 66.5 Å². The van der Waals surface area contributed by atoms with Crippen LogP contribution >= 0.6 is 23.4 Å². The number of piperidine rings is 1. The second kappa shape index (κ2) is 11.4. The first-order valence-corrected chi connectivity index (χ1v) is 13.6. The third kappa shape index (κ3) is 7.52. The van der Waals surface area contributed by atoms with Gasteiger partial charge in [0.2, 0.25) is 15.9 Å². The van der Waals surface area contributed by atoms with Gasteiger partial charge in [-0.05, 0) is 43.0 Å². The van der Waals surface area contributed by atoms with Gasteiger partial charge in [-0.15, -0.1) is 0 Å². The minimum absolute atomic E-state index is 0.00891. The molecule has 0 saturated carbocycles. The van der Waals surface area contributed by atoms with Gasteiger partial charge in [0.1, 0.15) is 0 Å². The zero-order chi connectivity index (χ0) is 22.3.